The van der Waals surface area contributed by atoms with Gasteiger partial charge in [0.2, 0.25) is 0 Å². The molecule has 0 aromatic heterocycles. The van der Waals surface area contributed by atoms with Crippen molar-refractivity contribution in [2.75, 3.05) is 12.0 Å². The molecular formula is C24H20N2O2. The van der Waals surface area contributed by atoms with Crippen LogP contribution >= 0.6 is 0 Å². The molecule has 0 N–H and O–H groups in total. The topological polar surface area (TPSA) is 41.9 Å². The lowest BCUT2D eigenvalue weighted by molar-refractivity contribution is -0.113. The number of aliphatic imine (C=N–C) groups is 1. The molecular weight excluding hydrogens is 348 g/mol. The summed E-state index contributed by atoms with van der Waals surface area (Å²) in [7, 11) is 1.63. The van der Waals surface area contributed by atoms with Crippen molar-refractivity contribution >= 4 is 23.5 Å². The highest BCUT2D eigenvalue weighted by Crippen LogP contribution is 2.28. The number of hydrogen-bond acceptors (Lipinski definition) is 3. The van der Waals surface area contributed by atoms with Crippen molar-refractivity contribution in [3.05, 3.63) is 101 Å². The molecule has 3 aromatic carbocycles. The number of benzene rings is 3. The first kappa shape index (κ1) is 17.7. The molecule has 0 bridgehead atoms. The second-order valence-corrected chi connectivity index (χ2v) is 6.58. The maximum absolute atomic E-state index is 13.2. The van der Waals surface area contributed by atoms with E-state index in [4.69, 9.17) is 4.74 Å². The summed E-state index contributed by atoms with van der Waals surface area (Å²) in [5.74, 6) is 1.23. The lowest BCUT2D eigenvalue weighted by atomic mass is 10.1. The van der Waals surface area contributed by atoms with E-state index >= 15 is 0 Å². The summed E-state index contributed by atoms with van der Waals surface area (Å²) < 4.78 is 5.25. The van der Waals surface area contributed by atoms with Crippen LogP contribution in [0.15, 0.2) is 89.6 Å². The van der Waals surface area contributed by atoms with Gasteiger partial charge in [0, 0.05) is 5.56 Å². The van der Waals surface area contributed by atoms with Gasteiger partial charge in [0.1, 0.15) is 17.3 Å². The summed E-state index contributed by atoms with van der Waals surface area (Å²) in [4.78, 5) is 19.6. The van der Waals surface area contributed by atoms with E-state index in [1.807, 2.05) is 91.9 Å². The summed E-state index contributed by atoms with van der Waals surface area (Å²) >= 11 is 0. The summed E-state index contributed by atoms with van der Waals surface area (Å²) in [6.45, 7) is 2.02. The predicted octanol–water partition coefficient (Wildman–Crippen LogP) is 4.84. The van der Waals surface area contributed by atoms with Crippen LogP contribution in [0.1, 0.15) is 16.7 Å². The summed E-state index contributed by atoms with van der Waals surface area (Å²) in [6, 6.07) is 25.2. The van der Waals surface area contributed by atoms with Crippen LogP contribution in [0.5, 0.6) is 5.75 Å². The number of hydrogen-bond donors (Lipinski definition) is 0. The van der Waals surface area contributed by atoms with Gasteiger partial charge in [0.05, 0.1) is 12.8 Å². The van der Waals surface area contributed by atoms with E-state index < -0.39 is 0 Å². The van der Waals surface area contributed by atoms with Gasteiger partial charge in [-0.05, 0) is 55.0 Å². The van der Waals surface area contributed by atoms with E-state index in [1.165, 1.54) is 0 Å². The Kier molecular flexibility index (Phi) is 4.77. The number of rotatable bonds is 4. The summed E-state index contributed by atoms with van der Waals surface area (Å²) in [6.07, 6.45) is 1.82. The standard InChI is InChI=1S/C24H20N2O2/c1-17-8-12-20(13-9-17)26-23(19-10-14-21(28-2)15-11-19)25-22(24(26)27)16-18-6-4-3-5-7-18/h3-16H,1-2H3/b22-16+. The number of amidine groups is 1. The van der Waals surface area contributed by atoms with Gasteiger partial charge in [-0.3, -0.25) is 9.69 Å². The third-order valence-electron chi connectivity index (χ3n) is 4.60. The molecule has 0 saturated heterocycles. The lowest BCUT2D eigenvalue weighted by Crippen LogP contribution is -2.32. The minimum atomic E-state index is -0.140. The van der Waals surface area contributed by atoms with Crippen LogP contribution in [-0.4, -0.2) is 18.9 Å². The van der Waals surface area contributed by atoms with Gasteiger partial charge >= 0.3 is 0 Å². The first-order chi connectivity index (χ1) is 13.7. The third-order valence-corrected chi connectivity index (χ3v) is 4.60. The van der Waals surface area contributed by atoms with Gasteiger partial charge in [-0.1, -0.05) is 48.0 Å². The molecule has 0 spiro atoms. The smallest absolute Gasteiger partial charge is 0.282 e. The summed E-state index contributed by atoms with van der Waals surface area (Å²) in [5, 5.41) is 0. The Balaban J connectivity index is 1.80. The second kappa shape index (κ2) is 7.53. The van der Waals surface area contributed by atoms with E-state index in [1.54, 1.807) is 12.0 Å². The van der Waals surface area contributed by atoms with Crippen molar-refractivity contribution < 1.29 is 9.53 Å². The average molecular weight is 368 g/mol. The highest BCUT2D eigenvalue weighted by molar-refractivity contribution is 6.33. The number of carbonyl (C=O) groups excluding carboxylic acids is 1. The fraction of sp³-hybridized carbons (Fsp3) is 0.0833. The normalized spacial score (nSPS) is 15.1. The van der Waals surface area contributed by atoms with Crippen molar-refractivity contribution in [3.8, 4) is 5.75 Å². The zero-order valence-electron chi connectivity index (χ0n) is 15.8. The summed E-state index contributed by atoms with van der Waals surface area (Å²) in [5.41, 5.74) is 4.14. The molecule has 4 rings (SSSR count). The van der Waals surface area contributed by atoms with E-state index in [-0.39, 0.29) is 5.91 Å². The molecule has 0 fully saturated rings. The van der Waals surface area contributed by atoms with Crippen molar-refractivity contribution in [1.29, 1.82) is 0 Å². The molecule has 1 aliphatic heterocycles. The van der Waals surface area contributed by atoms with Crippen molar-refractivity contribution in [1.82, 2.24) is 0 Å². The van der Waals surface area contributed by atoms with Gasteiger partial charge in [0.25, 0.3) is 5.91 Å². The molecule has 138 valence electrons. The van der Waals surface area contributed by atoms with Crippen LogP contribution in [0, 0.1) is 6.92 Å². The van der Waals surface area contributed by atoms with Crippen LogP contribution < -0.4 is 9.64 Å². The van der Waals surface area contributed by atoms with Crippen molar-refractivity contribution in [3.63, 3.8) is 0 Å². The highest BCUT2D eigenvalue weighted by atomic mass is 16.5. The predicted molar refractivity (Wildman–Crippen MR) is 113 cm³/mol. The molecule has 1 amide bonds. The number of aryl methyl sites for hydroxylation is 1. The highest BCUT2D eigenvalue weighted by Gasteiger charge is 2.32. The van der Waals surface area contributed by atoms with E-state index in [0.717, 1.165) is 28.1 Å². The third kappa shape index (κ3) is 3.45. The van der Waals surface area contributed by atoms with Crippen LogP contribution in [0.3, 0.4) is 0 Å². The molecule has 0 unspecified atom stereocenters. The van der Waals surface area contributed by atoms with Crippen LogP contribution in [0.25, 0.3) is 6.08 Å². The van der Waals surface area contributed by atoms with Gasteiger partial charge in [0.15, 0.2) is 0 Å². The Morgan fingerprint density at radius 3 is 2.21 bits per heavy atom. The van der Waals surface area contributed by atoms with Gasteiger partial charge in [-0.25, -0.2) is 4.99 Å². The molecule has 4 heteroatoms. The Morgan fingerprint density at radius 1 is 0.893 bits per heavy atom. The van der Waals surface area contributed by atoms with Gasteiger partial charge < -0.3 is 4.74 Å². The van der Waals surface area contributed by atoms with Crippen LogP contribution in [0.2, 0.25) is 0 Å². The second-order valence-electron chi connectivity index (χ2n) is 6.58. The number of ether oxygens (including phenoxy) is 1. The number of anilines is 1. The molecule has 28 heavy (non-hydrogen) atoms. The minimum Gasteiger partial charge on any atom is -0.497 e. The van der Waals surface area contributed by atoms with Crippen molar-refractivity contribution in [2.45, 2.75) is 6.92 Å². The largest absolute Gasteiger partial charge is 0.497 e. The molecule has 1 aliphatic rings. The monoisotopic (exact) mass is 368 g/mol. The van der Waals surface area contributed by atoms with Crippen molar-refractivity contribution in [2.24, 2.45) is 4.99 Å². The van der Waals surface area contributed by atoms with Gasteiger partial charge in [-0.2, -0.15) is 0 Å². The molecule has 0 atom stereocenters. The first-order valence-electron chi connectivity index (χ1n) is 9.07. The Hall–Kier alpha value is -3.66. The zero-order chi connectivity index (χ0) is 19.5. The van der Waals surface area contributed by atoms with E-state index in [9.17, 15) is 4.79 Å². The minimum absolute atomic E-state index is 0.140. The molecule has 0 radical (unpaired) electrons. The molecule has 3 aromatic rings. The Bertz CT molecular complexity index is 1050. The Morgan fingerprint density at radius 2 is 1.57 bits per heavy atom. The first-order valence-corrected chi connectivity index (χ1v) is 9.07. The zero-order valence-corrected chi connectivity index (χ0v) is 15.8. The average Bonchev–Trinajstić information content (AvgIpc) is 3.05. The van der Waals surface area contributed by atoms with Crippen LogP contribution in [-0.2, 0) is 4.79 Å². The Labute approximate surface area is 164 Å². The maximum Gasteiger partial charge on any atom is 0.282 e. The number of methoxy groups -OCH3 is 1. The molecule has 0 saturated carbocycles. The van der Waals surface area contributed by atoms with E-state index in [2.05, 4.69) is 4.99 Å². The fourth-order valence-corrected chi connectivity index (χ4v) is 3.09. The molecule has 4 nitrogen and oxygen atoms in total. The number of carbonyl (C=O) groups is 1. The fourth-order valence-electron chi connectivity index (χ4n) is 3.09. The SMILES string of the molecule is COc1ccc(C2=N/C(=C/c3ccccc3)C(=O)N2c2ccc(C)cc2)cc1. The molecule has 1 heterocycles. The maximum atomic E-state index is 13.2. The number of amides is 1. The number of nitrogens with zero attached hydrogens (tertiary/aromatic N) is 2. The quantitative estimate of drug-likeness (QED) is 0.619. The molecule has 0 aliphatic carbocycles. The van der Waals surface area contributed by atoms with E-state index in [0.29, 0.717) is 11.5 Å². The van der Waals surface area contributed by atoms with Crippen LogP contribution in [0.4, 0.5) is 5.69 Å². The lowest BCUT2D eigenvalue weighted by Gasteiger charge is -2.19. The van der Waals surface area contributed by atoms with Gasteiger partial charge in [-0.15, -0.1) is 0 Å².